The Morgan fingerprint density at radius 2 is 1.52 bits per heavy atom. The molecule has 0 spiro atoms. The minimum atomic E-state index is -0.437. The molecule has 1 heterocycles. The van der Waals surface area contributed by atoms with E-state index in [9.17, 15) is 4.79 Å². The Bertz CT molecular complexity index is 666. The van der Waals surface area contributed by atoms with Crippen LogP contribution >= 0.6 is 0 Å². The molecular weight excluding hydrogens is 363 g/mol. The van der Waals surface area contributed by atoms with Crippen LogP contribution in [0.5, 0.6) is 0 Å². The number of hydrogen-bond donors (Lipinski definition) is 0. The highest BCUT2D eigenvalue weighted by atomic mass is 16.7. The predicted octanol–water partition coefficient (Wildman–Crippen LogP) is 3.57. The van der Waals surface area contributed by atoms with Crippen LogP contribution in [0, 0.1) is 0 Å². The maximum atomic E-state index is 13.0. The molecule has 1 fully saturated rings. The van der Waals surface area contributed by atoms with Crippen LogP contribution in [0.2, 0.25) is 0 Å². The lowest BCUT2D eigenvalue weighted by molar-refractivity contribution is -0.0601. The first-order valence-electron chi connectivity index (χ1n) is 11.1. The van der Waals surface area contributed by atoms with Crippen molar-refractivity contribution in [1.29, 1.82) is 0 Å². The third-order valence-corrected chi connectivity index (χ3v) is 6.95. The van der Waals surface area contributed by atoms with Gasteiger partial charge in [-0.25, -0.2) is 0 Å². The highest BCUT2D eigenvalue weighted by molar-refractivity contribution is 6.62. The molecule has 1 aromatic rings. The fourth-order valence-electron chi connectivity index (χ4n) is 4.59. The van der Waals surface area contributed by atoms with Crippen molar-refractivity contribution in [2.24, 2.45) is 0 Å². The molecule has 0 bridgehead atoms. The van der Waals surface area contributed by atoms with Crippen LogP contribution in [0.4, 0.5) is 0 Å². The van der Waals surface area contributed by atoms with E-state index < -0.39 is 7.12 Å². The number of nitrogens with zero attached hydrogens (tertiary/aromatic N) is 2. The quantitative estimate of drug-likeness (QED) is 0.593. The molecule has 29 heavy (non-hydrogen) atoms. The summed E-state index contributed by atoms with van der Waals surface area (Å²) in [6, 6.07) is 8.02. The van der Waals surface area contributed by atoms with Gasteiger partial charge in [-0.15, -0.1) is 0 Å². The summed E-state index contributed by atoms with van der Waals surface area (Å²) in [4.78, 5) is 16.9. The van der Waals surface area contributed by atoms with Gasteiger partial charge in [0, 0.05) is 25.2 Å². The van der Waals surface area contributed by atoms with E-state index in [-0.39, 0.29) is 23.2 Å². The fourth-order valence-corrected chi connectivity index (χ4v) is 4.59. The standard InChI is InChI=1S/C23H39BN2O3/c1-9-22(10-2)23(11-3,12-4)29-24(28-22)20-15-13-14-19(16-20)21(27)26(8)17-18(5)25(6)7/h13-16,18H,9-12,17H2,1-8H3. The van der Waals surface area contributed by atoms with Crippen molar-refractivity contribution in [1.82, 2.24) is 9.80 Å². The smallest absolute Gasteiger partial charge is 0.399 e. The van der Waals surface area contributed by atoms with Gasteiger partial charge in [0.2, 0.25) is 0 Å². The van der Waals surface area contributed by atoms with Crippen molar-refractivity contribution >= 4 is 18.5 Å². The van der Waals surface area contributed by atoms with Crippen molar-refractivity contribution in [3.63, 3.8) is 0 Å². The van der Waals surface area contributed by atoms with Gasteiger partial charge in [0.25, 0.3) is 5.91 Å². The van der Waals surface area contributed by atoms with Crippen molar-refractivity contribution in [3.8, 4) is 0 Å². The molecule has 1 amide bonds. The number of likely N-dealkylation sites (N-methyl/N-ethyl adjacent to an activating group) is 2. The molecule has 6 heteroatoms. The molecule has 1 aliphatic heterocycles. The number of amides is 1. The van der Waals surface area contributed by atoms with E-state index >= 15 is 0 Å². The Labute approximate surface area is 177 Å². The predicted molar refractivity (Wildman–Crippen MR) is 121 cm³/mol. The molecule has 0 N–H and O–H groups in total. The Hall–Kier alpha value is -1.37. The lowest BCUT2D eigenvalue weighted by atomic mass is 9.75. The third kappa shape index (κ3) is 4.55. The molecule has 1 atom stereocenters. The first-order valence-corrected chi connectivity index (χ1v) is 11.1. The van der Waals surface area contributed by atoms with Gasteiger partial charge >= 0.3 is 7.12 Å². The summed E-state index contributed by atoms with van der Waals surface area (Å²) < 4.78 is 13.1. The van der Waals surface area contributed by atoms with Gasteiger partial charge in [0.1, 0.15) is 0 Å². The van der Waals surface area contributed by atoms with Crippen molar-refractivity contribution in [3.05, 3.63) is 29.8 Å². The monoisotopic (exact) mass is 402 g/mol. The second-order valence-electron chi connectivity index (χ2n) is 8.59. The number of benzene rings is 1. The largest absolute Gasteiger partial charge is 0.494 e. The second kappa shape index (κ2) is 9.63. The van der Waals surface area contributed by atoms with Crippen molar-refractivity contribution in [2.75, 3.05) is 27.7 Å². The summed E-state index contributed by atoms with van der Waals surface area (Å²) in [7, 11) is 5.48. The van der Waals surface area contributed by atoms with Gasteiger partial charge in [0.15, 0.2) is 0 Å². The molecule has 0 aliphatic carbocycles. The minimum Gasteiger partial charge on any atom is -0.399 e. The lowest BCUT2D eigenvalue weighted by Gasteiger charge is -2.42. The molecule has 0 radical (unpaired) electrons. The molecule has 5 nitrogen and oxygen atoms in total. The molecule has 1 unspecified atom stereocenters. The van der Waals surface area contributed by atoms with Crippen LogP contribution in [0.15, 0.2) is 24.3 Å². The SMILES string of the molecule is CCC1(CC)OB(c2cccc(C(=O)N(C)CC(C)N(C)C)c2)OC1(CC)CC. The van der Waals surface area contributed by atoms with Gasteiger partial charge in [-0.1, -0.05) is 39.8 Å². The summed E-state index contributed by atoms with van der Waals surface area (Å²) in [5.41, 5.74) is 1.00. The van der Waals surface area contributed by atoms with Crippen LogP contribution < -0.4 is 5.46 Å². The Balaban J connectivity index is 2.26. The summed E-state index contributed by atoms with van der Waals surface area (Å²) in [5, 5.41) is 0. The lowest BCUT2D eigenvalue weighted by Crippen LogP contribution is -2.50. The Kier molecular flexibility index (Phi) is 7.94. The zero-order chi connectivity index (χ0) is 21.8. The zero-order valence-corrected chi connectivity index (χ0v) is 19.6. The average Bonchev–Trinajstić information content (AvgIpc) is 3.08. The van der Waals surface area contributed by atoms with Gasteiger partial charge in [-0.3, -0.25) is 4.79 Å². The molecule has 1 saturated heterocycles. The number of carbonyl (C=O) groups is 1. The first kappa shape index (κ1) is 23.9. The average molecular weight is 402 g/mol. The van der Waals surface area contributed by atoms with Gasteiger partial charge < -0.3 is 19.1 Å². The molecule has 162 valence electrons. The number of hydrogen-bond acceptors (Lipinski definition) is 4. The van der Waals surface area contributed by atoms with E-state index in [2.05, 4.69) is 39.5 Å². The molecule has 1 aliphatic rings. The summed E-state index contributed by atoms with van der Waals surface area (Å²) in [6.45, 7) is 11.5. The van der Waals surface area contributed by atoms with E-state index in [4.69, 9.17) is 9.31 Å². The van der Waals surface area contributed by atoms with Gasteiger partial charge in [0.05, 0.1) is 11.2 Å². The summed E-state index contributed by atoms with van der Waals surface area (Å²) in [6.07, 6.45) is 3.63. The number of carbonyl (C=O) groups excluding carboxylic acids is 1. The number of rotatable bonds is 9. The van der Waals surface area contributed by atoms with Gasteiger partial charge in [-0.2, -0.15) is 0 Å². The van der Waals surface area contributed by atoms with Crippen molar-refractivity contribution < 1.29 is 14.1 Å². The Morgan fingerprint density at radius 1 is 1.00 bits per heavy atom. The highest BCUT2D eigenvalue weighted by Gasteiger charge is 2.58. The third-order valence-electron chi connectivity index (χ3n) is 6.95. The van der Waals surface area contributed by atoms with Crippen LogP contribution in [0.1, 0.15) is 70.7 Å². The normalized spacial score (nSPS) is 18.9. The van der Waals surface area contributed by atoms with Crippen molar-refractivity contribution in [2.45, 2.75) is 77.5 Å². The van der Waals surface area contributed by atoms with Crippen LogP contribution in [0.25, 0.3) is 0 Å². The van der Waals surface area contributed by atoms with E-state index in [1.54, 1.807) is 4.90 Å². The van der Waals surface area contributed by atoms with E-state index in [0.29, 0.717) is 12.1 Å². The maximum absolute atomic E-state index is 13.0. The first-order chi connectivity index (χ1) is 13.7. The van der Waals surface area contributed by atoms with Crippen LogP contribution in [-0.2, 0) is 9.31 Å². The maximum Gasteiger partial charge on any atom is 0.494 e. The fraction of sp³-hybridized carbons (Fsp3) is 0.696. The van der Waals surface area contributed by atoms with E-state index in [0.717, 1.165) is 31.1 Å². The summed E-state index contributed by atoms with van der Waals surface area (Å²) in [5.74, 6) is 0.0213. The highest BCUT2D eigenvalue weighted by Crippen LogP contribution is 2.46. The van der Waals surface area contributed by atoms with Crippen LogP contribution in [-0.4, -0.2) is 67.8 Å². The van der Waals surface area contributed by atoms with E-state index in [1.165, 1.54) is 0 Å². The summed E-state index contributed by atoms with van der Waals surface area (Å²) >= 11 is 0. The molecule has 2 rings (SSSR count). The molecule has 0 aromatic heterocycles. The molecular formula is C23H39BN2O3. The van der Waals surface area contributed by atoms with Crippen LogP contribution in [0.3, 0.4) is 0 Å². The topological polar surface area (TPSA) is 42.0 Å². The minimum absolute atomic E-state index is 0.0213. The van der Waals surface area contributed by atoms with E-state index in [1.807, 2.05) is 45.4 Å². The molecule has 0 saturated carbocycles. The zero-order valence-electron chi connectivity index (χ0n) is 19.6. The second-order valence-corrected chi connectivity index (χ2v) is 8.59. The Morgan fingerprint density at radius 3 is 1.97 bits per heavy atom. The van der Waals surface area contributed by atoms with Gasteiger partial charge in [-0.05, 0) is 64.3 Å². The molecule has 1 aromatic carbocycles.